The van der Waals surface area contributed by atoms with E-state index in [0.717, 1.165) is 22.3 Å². The minimum Gasteiger partial charge on any atom is -0.480 e. The predicted octanol–water partition coefficient (Wildman–Crippen LogP) is 2.48. The number of amides is 1. The highest BCUT2D eigenvalue weighted by atomic mass is 16.5. The van der Waals surface area contributed by atoms with Gasteiger partial charge in [0.15, 0.2) is 0 Å². The van der Waals surface area contributed by atoms with E-state index in [-0.39, 0.29) is 0 Å². The van der Waals surface area contributed by atoms with Gasteiger partial charge >= 0.3 is 0 Å². The van der Waals surface area contributed by atoms with Crippen LogP contribution in [0.5, 0.6) is 5.88 Å². The molecule has 0 bridgehead atoms. The van der Waals surface area contributed by atoms with Crippen LogP contribution in [0.15, 0.2) is 48.8 Å². The second-order valence-corrected chi connectivity index (χ2v) is 4.68. The topological polar surface area (TPSA) is 90.1 Å². The monoisotopic (exact) mass is 294 g/mol. The quantitative estimate of drug-likeness (QED) is 0.771. The number of anilines is 2. The number of benzene rings is 2. The molecule has 1 aromatic heterocycles. The first-order valence-electron chi connectivity index (χ1n) is 6.63. The normalized spacial score (nSPS) is 10.4. The molecule has 6 nitrogen and oxygen atoms in total. The Kier molecular flexibility index (Phi) is 3.57. The van der Waals surface area contributed by atoms with E-state index in [1.165, 1.54) is 6.33 Å². The standard InChI is InChI=1S/C16H14N4O2/c1-22-16-13-8-12(5-6-14(13)18-9-19-16)20-11-4-2-3-10(7-11)15(17)21/h2-9,20H,1H3,(H2,17,21). The number of hydrogen-bond acceptors (Lipinski definition) is 5. The summed E-state index contributed by atoms with van der Waals surface area (Å²) in [4.78, 5) is 19.5. The van der Waals surface area contributed by atoms with Gasteiger partial charge in [-0.1, -0.05) is 6.07 Å². The number of methoxy groups -OCH3 is 1. The Balaban J connectivity index is 1.97. The van der Waals surface area contributed by atoms with E-state index < -0.39 is 5.91 Å². The van der Waals surface area contributed by atoms with E-state index >= 15 is 0 Å². The molecule has 0 aliphatic rings. The first kappa shape index (κ1) is 13.8. The fraction of sp³-hybridized carbons (Fsp3) is 0.0625. The molecule has 0 aliphatic carbocycles. The van der Waals surface area contributed by atoms with Gasteiger partial charge in [0.25, 0.3) is 0 Å². The van der Waals surface area contributed by atoms with Crippen molar-refractivity contribution in [1.29, 1.82) is 0 Å². The molecule has 0 radical (unpaired) electrons. The van der Waals surface area contributed by atoms with Gasteiger partial charge in [0, 0.05) is 16.9 Å². The van der Waals surface area contributed by atoms with E-state index in [4.69, 9.17) is 10.5 Å². The van der Waals surface area contributed by atoms with E-state index in [9.17, 15) is 4.79 Å². The molecule has 0 saturated carbocycles. The van der Waals surface area contributed by atoms with Gasteiger partial charge in [-0.15, -0.1) is 0 Å². The van der Waals surface area contributed by atoms with Gasteiger partial charge in [0.2, 0.25) is 11.8 Å². The highest BCUT2D eigenvalue weighted by molar-refractivity contribution is 5.94. The van der Waals surface area contributed by atoms with Crippen molar-refractivity contribution in [2.75, 3.05) is 12.4 Å². The van der Waals surface area contributed by atoms with Gasteiger partial charge < -0.3 is 15.8 Å². The smallest absolute Gasteiger partial charge is 0.248 e. The molecule has 1 heterocycles. The Bertz CT molecular complexity index is 848. The molecule has 3 aromatic rings. The van der Waals surface area contributed by atoms with Crippen molar-refractivity contribution in [1.82, 2.24) is 9.97 Å². The highest BCUT2D eigenvalue weighted by Gasteiger charge is 2.06. The number of carbonyl (C=O) groups is 1. The van der Waals surface area contributed by atoms with Crippen molar-refractivity contribution in [3.63, 3.8) is 0 Å². The van der Waals surface area contributed by atoms with E-state index in [0.29, 0.717) is 11.4 Å². The Morgan fingerprint density at radius 2 is 1.95 bits per heavy atom. The van der Waals surface area contributed by atoms with Crippen LogP contribution in [0, 0.1) is 0 Å². The zero-order chi connectivity index (χ0) is 15.5. The highest BCUT2D eigenvalue weighted by Crippen LogP contribution is 2.26. The van der Waals surface area contributed by atoms with E-state index in [1.807, 2.05) is 24.3 Å². The third-order valence-corrected chi connectivity index (χ3v) is 3.23. The number of nitrogens with zero attached hydrogens (tertiary/aromatic N) is 2. The molecule has 3 rings (SSSR count). The SMILES string of the molecule is COc1ncnc2ccc(Nc3cccc(C(N)=O)c3)cc12. The zero-order valence-electron chi connectivity index (χ0n) is 11.9. The predicted molar refractivity (Wildman–Crippen MR) is 84.3 cm³/mol. The summed E-state index contributed by atoms with van der Waals surface area (Å²) in [6, 6.07) is 12.7. The number of hydrogen-bond donors (Lipinski definition) is 2. The number of ether oxygens (including phenoxy) is 1. The van der Waals surface area contributed by atoms with Crippen LogP contribution >= 0.6 is 0 Å². The third-order valence-electron chi connectivity index (χ3n) is 3.23. The number of nitrogens with two attached hydrogens (primary N) is 1. The fourth-order valence-corrected chi connectivity index (χ4v) is 2.19. The Hall–Kier alpha value is -3.15. The fourth-order valence-electron chi connectivity index (χ4n) is 2.19. The first-order chi connectivity index (χ1) is 10.7. The second kappa shape index (κ2) is 5.69. The zero-order valence-corrected chi connectivity index (χ0v) is 11.9. The van der Waals surface area contributed by atoms with Crippen LogP contribution in [-0.4, -0.2) is 23.0 Å². The molecule has 0 saturated heterocycles. The van der Waals surface area contributed by atoms with Crippen LogP contribution in [0.1, 0.15) is 10.4 Å². The molecule has 0 atom stereocenters. The molecular weight excluding hydrogens is 280 g/mol. The van der Waals surface area contributed by atoms with Crippen molar-refractivity contribution in [2.45, 2.75) is 0 Å². The van der Waals surface area contributed by atoms with Gasteiger partial charge in [-0.25, -0.2) is 9.97 Å². The lowest BCUT2D eigenvalue weighted by molar-refractivity contribution is 0.100. The number of rotatable bonds is 4. The number of carbonyl (C=O) groups excluding carboxylic acids is 1. The van der Waals surface area contributed by atoms with E-state index in [1.54, 1.807) is 25.3 Å². The van der Waals surface area contributed by atoms with Gasteiger partial charge in [0.05, 0.1) is 18.0 Å². The number of aromatic nitrogens is 2. The largest absolute Gasteiger partial charge is 0.480 e. The average molecular weight is 294 g/mol. The van der Waals surface area contributed by atoms with E-state index in [2.05, 4.69) is 15.3 Å². The summed E-state index contributed by atoms with van der Waals surface area (Å²) in [5.74, 6) is 0.0526. The van der Waals surface area contributed by atoms with Gasteiger partial charge in [-0.3, -0.25) is 4.79 Å². The second-order valence-electron chi connectivity index (χ2n) is 4.68. The molecule has 3 N–H and O–H groups in total. The Labute approximate surface area is 127 Å². The number of primary amides is 1. The minimum absolute atomic E-state index is 0.451. The van der Waals surface area contributed by atoms with Crippen LogP contribution in [0.25, 0.3) is 10.9 Å². The molecule has 1 amide bonds. The Morgan fingerprint density at radius 3 is 2.73 bits per heavy atom. The van der Waals surface area contributed by atoms with Gasteiger partial charge in [-0.05, 0) is 36.4 Å². The molecule has 0 aliphatic heterocycles. The van der Waals surface area contributed by atoms with Crippen LogP contribution in [0.4, 0.5) is 11.4 Å². The third kappa shape index (κ3) is 2.67. The average Bonchev–Trinajstić information content (AvgIpc) is 2.54. The molecule has 0 unspecified atom stereocenters. The summed E-state index contributed by atoms with van der Waals surface area (Å²) in [5.41, 5.74) is 8.14. The summed E-state index contributed by atoms with van der Waals surface area (Å²) in [5, 5.41) is 4.03. The molecule has 22 heavy (non-hydrogen) atoms. The summed E-state index contributed by atoms with van der Waals surface area (Å²) >= 11 is 0. The van der Waals surface area contributed by atoms with Gasteiger partial charge in [-0.2, -0.15) is 0 Å². The molecule has 0 spiro atoms. The first-order valence-corrected chi connectivity index (χ1v) is 6.63. The van der Waals surface area contributed by atoms with Crippen molar-refractivity contribution < 1.29 is 9.53 Å². The van der Waals surface area contributed by atoms with Crippen molar-refractivity contribution in [3.8, 4) is 5.88 Å². The van der Waals surface area contributed by atoms with Crippen molar-refractivity contribution >= 4 is 28.2 Å². The van der Waals surface area contributed by atoms with Crippen molar-refractivity contribution in [3.05, 3.63) is 54.4 Å². The lowest BCUT2D eigenvalue weighted by Gasteiger charge is -2.09. The van der Waals surface area contributed by atoms with Crippen LogP contribution in [0.2, 0.25) is 0 Å². The summed E-state index contributed by atoms with van der Waals surface area (Å²) < 4.78 is 5.24. The molecule has 2 aromatic carbocycles. The maximum absolute atomic E-state index is 11.2. The maximum atomic E-state index is 11.2. The molecule has 0 fully saturated rings. The minimum atomic E-state index is -0.461. The lowest BCUT2D eigenvalue weighted by atomic mass is 10.1. The Morgan fingerprint density at radius 1 is 1.14 bits per heavy atom. The van der Waals surface area contributed by atoms with Gasteiger partial charge in [0.1, 0.15) is 6.33 Å². The summed E-state index contributed by atoms with van der Waals surface area (Å²) in [6.07, 6.45) is 1.46. The summed E-state index contributed by atoms with van der Waals surface area (Å²) in [6.45, 7) is 0. The van der Waals surface area contributed by atoms with Crippen LogP contribution in [0.3, 0.4) is 0 Å². The van der Waals surface area contributed by atoms with Crippen LogP contribution in [-0.2, 0) is 0 Å². The van der Waals surface area contributed by atoms with Crippen molar-refractivity contribution in [2.24, 2.45) is 5.73 Å². The maximum Gasteiger partial charge on any atom is 0.248 e. The molecular formula is C16H14N4O2. The van der Waals surface area contributed by atoms with Crippen LogP contribution < -0.4 is 15.8 Å². The molecule has 110 valence electrons. The number of fused-ring (bicyclic) bond motifs is 1. The lowest BCUT2D eigenvalue weighted by Crippen LogP contribution is -2.10. The summed E-state index contributed by atoms with van der Waals surface area (Å²) in [7, 11) is 1.57. The number of nitrogens with one attached hydrogen (secondary N) is 1. The molecule has 6 heteroatoms.